The van der Waals surface area contributed by atoms with E-state index in [0.717, 1.165) is 11.4 Å². The van der Waals surface area contributed by atoms with Crippen molar-refractivity contribution in [1.29, 1.82) is 0 Å². The molecule has 2 aromatic carbocycles. The number of ether oxygens (including phenoxy) is 1. The second-order valence-electron chi connectivity index (χ2n) is 6.40. The van der Waals surface area contributed by atoms with E-state index in [9.17, 15) is 9.18 Å². The highest BCUT2D eigenvalue weighted by atomic mass is 19.1. The van der Waals surface area contributed by atoms with Crippen LogP contribution in [0.3, 0.4) is 0 Å². The Morgan fingerprint density at radius 3 is 2.50 bits per heavy atom. The van der Waals surface area contributed by atoms with Crippen LogP contribution in [-0.2, 0) is 0 Å². The number of hydrogen-bond donors (Lipinski definition) is 0. The van der Waals surface area contributed by atoms with Crippen LogP contribution < -0.4 is 9.64 Å². The molecule has 0 aliphatic carbocycles. The number of piperazine rings is 1. The van der Waals surface area contributed by atoms with E-state index < -0.39 is 5.82 Å². The molecule has 1 saturated heterocycles. The second-order valence-corrected chi connectivity index (χ2v) is 6.40. The normalized spacial score (nSPS) is 14.2. The SMILES string of the molecule is COc1ccc(N2CCN(C(=O)c3nnc(-c4cccc(F)c4)o3)CC2)cc1. The Balaban J connectivity index is 1.40. The maximum absolute atomic E-state index is 13.4. The molecular formula is C20H19FN4O3. The number of halogens is 1. The van der Waals surface area contributed by atoms with Gasteiger partial charge in [-0.25, -0.2) is 4.39 Å². The highest BCUT2D eigenvalue weighted by Gasteiger charge is 2.26. The van der Waals surface area contributed by atoms with E-state index in [1.807, 2.05) is 24.3 Å². The topological polar surface area (TPSA) is 71.7 Å². The van der Waals surface area contributed by atoms with Gasteiger partial charge in [0.15, 0.2) is 0 Å². The third-order valence-corrected chi connectivity index (χ3v) is 4.68. The van der Waals surface area contributed by atoms with Gasteiger partial charge in [0.05, 0.1) is 7.11 Å². The molecule has 0 radical (unpaired) electrons. The zero-order chi connectivity index (χ0) is 19.5. The van der Waals surface area contributed by atoms with Gasteiger partial charge in [-0.1, -0.05) is 6.07 Å². The van der Waals surface area contributed by atoms with Crippen LogP contribution in [0.2, 0.25) is 0 Å². The third-order valence-electron chi connectivity index (χ3n) is 4.68. The molecule has 1 aromatic heterocycles. The van der Waals surface area contributed by atoms with Crippen molar-refractivity contribution in [3.05, 3.63) is 60.2 Å². The van der Waals surface area contributed by atoms with Gasteiger partial charge in [0.2, 0.25) is 5.89 Å². The van der Waals surface area contributed by atoms with Gasteiger partial charge in [-0.15, -0.1) is 10.2 Å². The average molecular weight is 382 g/mol. The van der Waals surface area contributed by atoms with Crippen LogP contribution in [0.15, 0.2) is 52.9 Å². The number of rotatable bonds is 4. The number of aromatic nitrogens is 2. The first-order valence-electron chi connectivity index (χ1n) is 8.92. The van der Waals surface area contributed by atoms with Crippen molar-refractivity contribution in [3.8, 4) is 17.2 Å². The largest absolute Gasteiger partial charge is 0.497 e. The molecule has 0 atom stereocenters. The van der Waals surface area contributed by atoms with Crippen molar-refractivity contribution in [2.45, 2.75) is 0 Å². The van der Waals surface area contributed by atoms with Crippen molar-refractivity contribution >= 4 is 11.6 Å². The average Bonchev–Trinajstić information content (AvgIpc) is 3.24. The molecule has 144 valence electrons. The van der Waals surface area contributed by atoms with Gasteiger partial charge in [0.1, 0.15) is 11.6 Å². The van der Waals surface area contributed by atoms with E-state index in [1.54, 1.807) is 24.1 Å². The molecule has 0 unspecified atom stereocenters. The molecule has 1 aliphatic rings. The molecule has 0 saturated carbocycles. The van der Waals surface area contributed by atoms with Gasteiger partial charge in [0, 0.05) is 37.4 Å². The summed E-state index contributed by atoms with van der Waals surface area (Å²) >= 11 is 0. The van der Waals surface area contributed by atoms with E-state index in [-0.39, 0.29) is 17.7 Å². The smallest absolute Gasteiger partial charge is 0.311 e. The van der Waals surface area contributed by atoms with Crippen LogP contribution in [0.4, 0.5) is 10.1 Å². The fraction of sp³-hybridized carbons (Fsp3) is 0.250. The number of anilines is 1. The number of benzene rings is 2. The van der Waals surface area contributed by atoms with E-state index in [4.69, 9.17) is 9.15 Å². The summed E-state index contributed by atoms with van der Waals surface area (Å²) in [7, 11) is 1.64. The Kier molecular flexibility index (Phi) is 4.92. The van der Waals surface area contributed by atoms with Gasteiger partial charge >= 0.3 is 11.8 Å². The molecular weight excluding hydrogens is 363 g/mol. The van der Waals surface area contributed by atoms with Crippen LogP contribution in [0.25, 0.3) is 11.5 Å². The standard InChI is InChI=1S/C20H19FN4O3/c1-27-17-7-5-16(6-8-17)24-9-11-25(12-10-24)20(26)19-23-22-18(28-19)14-3-2-4-15(21)13-14/h2-8,13H,9-12H2,1H3. The van der Waals surface area contributed by atoms with Crippen molar-refractivity contribution in [1.82, 2.24) is 15.1 Å². The van der Waals surface area contributed by atoms with E-state index in [0.29, 0.717) is 31.7 Å². The molecule has 0 spiro atoms. The van der Waals surface area contributed by atoms with Gasteiger partial charge in [-0.3, -0.25) is 4.79 Å². The van der Waals surface area contributed by atoms with Crippen molar-refractivity contribution < 1.29 is 18.3 Å². The first-order chi connectivity index (χ1) is 13.6. The number of carbonyl (C=O) groups excluding carboxylic acids is 1. The van der Waals surface area contributed by atoms with Crippen LogP contribution in [0, 0.1) is 5.82 Å². The number of amides is 1. The molecule has 4 rings (SSSR count). The summed E-state index contributed by atoms with van der Waals surface area (Å²) in [6.45, 7) is 2.48. The minimum absolute atomic E-state index is 0.0860. The summed E-state index contributed by atoms with van der Waals surface area (Å²) in [6, 6.07) is 13.6. The molecule has 3 aromatic rings. The van der Waals surface area contributed by atoms with E-state index in [1.165, 1.54) is 12.1 Å². The quantitative estimate of drug-likeness (QED) is 0.691. The first-order valence-corrected chi connectivity index (χ1v) is 8.92. The second kappa shape index (κ2) is 7.67. The third kappa shape index (κ3) is 3.66. The van der Waals surface area contributed by atoms with Gasteiger partial charge in [0.25, 0.3) is 0 Å². The molecule has 28 heavy (non-hydrogen) atoms. The van der Waals surface area contributed by atoms with Gasteiger partial charge in [-0.05, 0) is 42.5 Å². The number of hydrogen-bond acceptors (Lipinski definition) is 6. The minimum atomic E-state index is -0.404. The Morgan fingerprint density at radius 1 is 1.07 bits per heavy atom. The van der Waals surface area contributed by atoms with Crippen LogP contribution in [-0.4, -0.2) is 54.3 Å². The zero-order valence-corrected chi connectivity index (χ0v) is 15.3. The maximum atomic E-state index is 13.4. The van der Waals surface area contributed by atoms with Crippen molar-refractivity contribution in [2.75, 3.05) is 38.2 Å². The molecule has 1 fully saturated rings. The molecule has 2 heterocycles. The summed E-state index contributed by atoms with van der Waals surface area (Å²) < 4.78 is 24.0. The molecule has 0 N–H and O–H groups in total. The molecule has 1 amide bonds. The minimum Gasteiger partial charge on any atom is -0.497 e. The molecule has 0 bridgehead atoms. The predicted octanol–water partition coefficient (Wildman–Crippen LogP) is 2.85. The molecule has 7 nitrogen and oxygen atoms in total. The Bertz CT molecular complexity index is 966. The molecule has 8 heteroatoms. The number of nitrogens with zero attached hydrogens (tertiary/aromatic N) is 4. The summed E-state index contributed by atoms with van der Waals surface area (Å²) in [5.41, 5.74) is 1.52. The fourth-order valence-corrected chi connectivity index (χ4v) is 3.14. The van der Waals surface area contributed by atoms with E-state index in [2.05, 4.69) is 15.1 Å². The first kappa shape index (κ1) is 18.0. The van der Waals surface area contributed by atoms with Crippen LogP contribution in [0.1, 0.15) is 10.7 Å². The van der Waals surface area contributed by atoms with Crippen molar-refractivity contribution in [3.63, 3.8) is 0 Å². The van der Waals surface area contributed by atoms with Crippen molar-refractivity contribution in [2.24, 2.45) is 0 Å². The lowest BCUT2D eigenvalue weighted by Gasteiger charge is -2.35. The Labute approximate surface area is 161 Å². The lowest BCUT2D eigenvalue weighted by atomic mass is 10.2. The van der Waals surface area contributed by atoms with E-state index >= 15 is 0 Å². The predicted molar refractivity (Wildman–Crippen MR) is 101 cm³/mol. The summed E-state index contributed by atoms with van der Waals surface area (Å²) in [4.78, 5) is 16.5. The highest BCUT2D eigenvalue weighted by Crippen LogP contribution is 2.22. The monoisotopic (exact) mass is 382 g/mol. The Morgan fingerprint density at radius 2 is 1.82 bits per heavy atom. The maximum Gasteiger partial charge on any atom is 0.311 e. The lowest BCUT2D eigenvalue weighted by molar-refractivity contribution is 0.0707. The highest BCUT2D eigenvalue weighted by molar-refractivity contribution is 5.90. The summed E-state index contributed by atoms with van der Waals surface area (Å²) in [6.07, 6.45) is 0. The number of methoxy groups -OCH3 is 1. The van der Waals surface area contributed by atoms with Crippen LogP contribution in [0.5, 0.6) is 5.75 Å². The Hall–Kier alpha value is -3.42. The summed E-state index contributed by atoms with van der Waals surface area (Å²) in [5.74, 6) is 0.128. The zero-order valence-electron chi connectivity index (χ0n) is 15.3. The fourth-order valence-electron chi connectivity index (χ4n) is 3.14. The van der Waals surface area contributed by atoms with Crippen LogP contribution >= 0.6 is 0 Å². The van der Waals surface area contributed by atoms with Gasteiger partial charge in [-0.2, -0.15) is 0 Å². The lowest BCUT2D eigenvalue weighted by Crippen LogP contribution is -2.48. The molecule has 1 aliphatic heterocycles. The summed E-state index contributed by atoms with van der Waals surface area (Å²) in [5, 5.41) is 7.71. The van der Waals surface area contributed by atoms with Gasteiger partial charge < -0.3 is 19.0 Å². The number of carbonyl (C=O) groups is 1.